The van der Waals surface area contributed by atoms with Crippen LogP contribution in [0.3, 0.4) is 0 Å². The van der Waals surface area contributed by atoms with Gasteiger partial charge in [0.1, 0.15) is 5.75 Å². The van der Waals surface area contributed by atoms with E-state index in [0.29, 0.717) is 40.7 Å². The van der Waals surface area contributed by atoms with Crippen molar-refractivity contribution in [3.63, 3.8) is 0 Å². The lowest BCUT2D eigenvalue weighted by molar-refractivity contribution is -0.161. The highest BCUT2D eigenvalue weighted by Crippen LogP contribution is 2.43. The first-order valence-electron chi connectivity index (χ1n) is 11.5. The maximum atomic E-state index is 15.3. The predicted octanol–water partition coefficient (Wildman–Crippen LogP) is 4.93. The molecule has 2 aromatic carbocycles. The third kappa shape index (κ3) is 4.38. The fraction of sp³-hybridized carbons (Fsp3) is 0.407. The van der Waals surface area contributed by atoms with Crippen LogP contribution in [-0.4, -0.2) is 35.0 Å². The van der Waals surface area contributed by atoms with Gasteiger partial charge in [-0.25, -0.2) is 9.18 Å². The number of carbonyl (C=O) groups is 1. The number of methoxy groups -OCH3 is 1. The van der Waals surface area contributed by atoms with E-state index < -0.39 is 29.1 Å². The molecule has 35 heavy (non-hydrogen) atoms. The van der Waals surface area contributed by atoms with Crippen LogP contribution in [0.2, 0.25) is 0 Å². The van der Waals surface area contributed by atoms with Gasteiger partial charge in [0.25, 0.3) is 5.56 Å². The predicted molar refractivity (Wildman–Crippen MR) is 131 cm³/mol. The average Bonchev–Trinajstić information content (AvgIpc) is 2.81. The van der Waals surface area contributed by atoms with Crippen LogP contribution in [-0.2, 0) is 23.0 Å². The molecule has 0 saturated heterocycles. The van der Waals surface area contributed by atoms with E-state index in [-0.39, 0.29) is 11.4 Å². The Morgan fingerprint density at radius 2 is 1.94 bits per heavy atom. The molecular formula is C27H30FNO6. The standard InChI is InChI=1S/C27H30FNO6/c1-14-16-8-7-11-34-23(16)20(28)13-18(14)21-17-10-9-15(33-6)12-19(17)25(30)29(5)22(21)24(26(31)32)35-27(2,3)4/h9-10,12-13,24H,7-8,11H2,1-6H3,(H,31,32). The van der Waals surface area contributed by atoms with Crippen molar-refractivity contribution in [2.24, 2.45) is 7.05 Å². The van der Waals surface area contributed by atoms with Gasteiger partial charge in [0.15, 0.2) is 17.7 Å². The van der Waals surface area contributed by atoms with Gasteiger partial charge >= 0.3 is 5.97 Å². The minimum atomic E-state index is -1.47. The van der Waals surface area contributed by atoms with E-state index in [9.17, 15) is 14.7 Å². The number of carboxylic acid groups (broad SMARTS) is 1. The van der Waals surface area contributed by atoms with E-state index in [1.807, 2.05) is 6.92 Å². The second-order valence-corrected chi connectivity index (χ2v) is 9.78. The Morgan fingerprint density at radius 3 is 2.57 bits per heavy atom. The van der Waals surface area contributed by atoms with Crippen LogP contribution in [0.1, 0.15) is 50.1 Å². The van der Waals surface area contributed by atoms with Crippen LogP contribution in [0.5, 0.6) is 11.5 Å². The number of pyridine rings is 1. The molecule has 0 bridgehead atoms. The SMILES string of the molecule is COc1ccc2c(-c3cc(F)c4c(c3C)CCCO4)c(C(OC(C)(C)C)C(=O)O)n(C)c(=O)c2c1. The van der Waals surface area contributed by atoms with Crippen molar-refractivity contribution in [2.45, 2.75) is 52.2 Å². The number of aromatic nitrogens is 1. The molecule has 1 aliphatic heterocycles. The van der Waals surface area contributed by atoms with Crippen molar-refractivity contribution in [2.75, 3.05) is 13.7 Å². The van der Waals surface area contributed by atoms with Crippen LogP contribution in [0.25, 0.3) is 21.9 Å². The van der Waals surface area contributed by atoms with Crippen LogP contribution < -0.4 is 15.0 Å². The molecule has 3 aromatic rings. The molecule has 0 spiro atoms. The third-order valence-electron chi connectivity index (χ3n) is 6.30. The first-order chi connectivity index (χ1) is 16.4. The topological polar surface area (TPSA) is 87.0 Å². The zero-order chi connectivity index (χ0) is 25.7. The van der Waals surface area contributed by atoms with E-state index in [0.717, 1.165) is 17.5 Å². The van der Waals surface area contributed by atoms with Gasteiger partial charge in [-0.15, -0.1) is 0 Å². The summed E-state index contributed by atoms with van der Waals surface area (Å²) in [6.07, 6.45) is -0.0803. The van der Waals surface area contributed by atoms with Gasteiger partial charge in [0.2, 0.25) is 0 Å². The molecule has 7 nitrogen and oxygen atoms in total. The monoisotopic (exact) mass is 483 g/mol. The molecule has 8 heteroatoms. The van der Waals surface area contributed by atoms with Gasteiger partial charge in [-0.05, 0) is 81.3 Å². The first-order valence-corrected chi connectivity index (χ1v) is 11.5. The fourth-order valence-electron chi connectivity index (χ4n) is 4.73. The summed E-state index contributed by atoms with van der Waals surface area (Å²) in [7, 11) is 3.01. The molecule has 0 saturated carbocycles. The zero-order valence-corrected chi connectivity index (χ0v) is 20.8. The summed E-state index contributed by atoms with van der Waals surface area (Å²) in [5.41, 5.74) is 1.38. The molecule has 1 aromatic heterocycles. The van der Waals surface area contributed by atoms with Gasteiger partial charge < -0.3 is 23.9 Å². The number of hydrogen-bond donors (Lipinski definition) is 1. The van der Waals surface area contributed by atoms with Crippen molar-refractivity contribution in [1.29, 1.82) is 0 Å². The molecule has 0 radical (unpaired) electrons. The van der Waals surface area contributed by atoms with E-state index >= 15 is 4.39 Å². The molecule has 1 atom stereocenters. The van der Waals surface area contributed by atoms with Gasteiger partial charge in [-0.3, -0.25) is 4.79 Å². The lowest BCUT2D eigenvalue weighted by Gasteiger charge is -2.29. The van der Waals surface area contributed by atoms with Crippen LogP contribution in [0.15, 0.2) is 29.1 Å². The molecule has 0 aliphatic carbocycles. The van der Waals surface area contributed by atoms with Crippen molar-refractivity contribution >= 4 is 16.7 Å². The average molecular weight is 484 g/mol. The Balaban J connectivity index is 2.18. The summed E-state index contributed by atoms with van der Waals surface area (Å²) in [6, 6.07) is 6.38. The van der Waals surface area contributed by atoms with E-state index in [4.69, 9.17) is 14.2 Å². The quantitative estimate of drug-likeness (QED) is 0.554. The second-order valence-electron chi connectivity index (χ2n) is 9.78. The zero-order valence-electron chi connectivity index (χ0n) is 20.8. The Morgan fingerprint density at radius 1 is 1.23 bits per heavy atom. The molecule has 2 heterocycles. The summed E-state index contributed by atoms with van der Waals surface area (Å²) in [6.45, 7) is 7.54. The van der Waals surface area contributed by atoms with Crippen LogP contribution in [0, 0.1) is 12.7 Å². The highest BCUT2D eigenvalue weighted by molar-refractivity contribution is 6.00. The maximum absolute atomic E-state index is 15.3. The van der Waals surface area contributed by atoms with Crippen molar-refractivity contribution in [1.82, 2.24) is 4.57 Å². The first kappa shape index (κ1) is 24.7. The summed E-state index contributed by atoms with van der Waals surface area (Å²) in [5, 5.41) is 11.0. The highest BCUT2D eigenvalue weighted by Gasteiger charge is 2.34. The molecule has 4 rings (SSSR count). The van der Waals surface area contributed by atoms with Gasteiger partial charge in [0, 0.05) is 18.2 Å². The lowest BCUT2D eigenvalue weighted by Crippen LogP contribution is -2.33. The van der Waals surface area contributed by atoms with Crippen LogP contribution >= 0.6 is 0 Å². The normalized spacial score (nSPS) is 14.4. The Hall–Kier alpha value is -3.39. The smallest absolute Gasteiger partial charge is 0.339 e. The molecule has 0 fully saturated rings. The van der Waals surface area contributed by atoms with Crippen molar-refractivity contribution < 1.29 is 28.5 Å². The van der Waals surface area contributed by atoms with E-state index in [2.05, 4.69) is 0 Å². The Bertz CT molecular complexity index is 1390. The molecule has 1 N–H and O–H groups in total. The van der Waals surface area contributed by atoms with Crippen molar-refractivity contribution in [3.05, 3.63) is 57.3 Å². The van der Waals surface area contributed by atoms with Gasteiger partial charge in [-0.2, -0.15) is 0 Å². The number of rotatable bonds is 5. The summed E-state index contributed by atoms with van der Waals surface area (Å²) < 4.78 is 33.5. The summed E-state index contributed by atoms with van der Waals surface area (Å²) >= 11 is 0. The largest absolute Gasteiger partial charge is 0.497 e. The number of nitrogens with zero attached hydrogens (tertiary/aromatic N) is 1. The van der Waals surface area contributed by atoms with E-state index in [1.54, 1.807) is 39.0 Å². The lowest BCUT2D eigenvalue weighted by atomic mass is 9.87. The maximum Gasteiger partial charge on any atom is 0.339 e. The highest BCUT2D eigenvalue weighted by atomic mass is 19.1. The van der Waals surface area contributed by atoms with Gasteiger partial charge in [0.05, 0.1) is 30.4 Å². The van der Waals surface area contributed by atoms with Crippen LogP contribution in [0.4, 0.5) is 4.39 Å². The number of fused-ring (bicyclic) bond motifs is 2. The fourth-order valence-corrected chi connectivity index (χ4v) is 4.73. The molecular weight excluding hydrogens is 453 g/mol. The third-order valence-corrected chi connectivity index (χ3v) is 6.30. The molecule has 1 aliphatic rings. The molecule has 0 amide bonds. The van der Waals surface area contributed by atoms with Crippen molar-refractivity contribution in [3.8, 4) is 22.6 Å². The second kappa shape index (κ2) is 9.00. The van der Waals surface area contributed by atoms with E-state index in [1.165, 1.54) is 24.8 Å². The summed E-state index contributed by atoms with van der Waals surface area (Å²) in [4.78, 5) is 25.9. The number of ether oxygens (including phenoxy) is 3. The molecule has 186 valence electrons. The number of benzene rings is 2. The Kier molecular flexibility index (Phi) is 6.36. The number of carboxylic acids is 1. The minimum Gasteiger partial charge on any atom is -0.497 e. The number of hydrogen-bond acceptors (Lipinski definition) is 5. The number of halogens is 1. The summed E-state index contributed by atoms with van der Waals surface area (Å²) in [5.74, 6) is -1.06. The Labute approximate surface area is 203 Å². The number of aliphatic carboxylic acids is 1. The molecule has 1 unspecified atom stereocenters. The minimum absolute atomic E-state index is 0.147. The van der Waals surface area contributed by atoms with Gasteiger partial charge in [-0.1, -0.05) is 0 Å².